The smallest absolute Gasteiger partial charge is 0.274 e. The van der Waals surface area contributed by atoms with Crippen LogP contribution in [0.25, 0.3) is 5.69 Å². The molecule has 2 aromatic rings. The van der Waals surface area contributed by atoms with E-state index in [1.807, 2.05) is 25.1 Å². The second-order valence-electron chi connectivity index (χ2n) is 5.63. The maximum absolute atomic E-state index is 12.6. The number of para-hydroxylation sites is 1. The van der Waals surface area contributed by atoms with Crippen LogP contribution in [0.3, 0.4) is 0 Å². The molecule has 1 aromatic carbocycles. The van der Waals surface area contributed by atoms with Crippen LogP contribution < -0.4 is 11.1 Å². The Balaban J connectivity index is 1.95. The highest BCUT2D eigenvalue weighted by Crippen LogP contribution is 2.14. The topological polar surface area (TPSA) is 93.2 Å². The molecule has 1 fully saturated rings. The molecule has 2 heterocycles. The number of carbonyl (C=O) groups excluding carboxylic acids is 2. The zero-order valence-electron chi connectivity index (χ0n) is 12.9. The number of nitrogens with one attached hydrogen (secondary N) is 1. The van der Waals surface area contributed by atoms with Gasteiger partial charge in [0.1, 0.15) is 5.69 Å². The van der Waals surface area contributed by atoms with E-state index in [9.17, 15) is 9.59 Å². The van der Waals surface area contributed by atoms with Gasteiger partial charge in [0.25, 0.3) is 11.8 Å². The maximum Gasteiger partial charge on any atom is 0.274 e. The highest BCUT2D eigenvalue weighted by molar-refractivity contribution is 5.97. The summed E-state index contributed by atoms with van der Waals surface area (Å²) in [6.07, 6.45) is 0. The van der Waals surface area contributed by atoms with Crippen LogP contribution in [0.2, 0.25) is 0 Å². The van der Waals surface area contributed by atoms with Gasteiger partial charge in [0.15, 0.2) is 5.69 Å². The molecular weight excluding hydrogens is 294 g/mol. The second kappa shape index (κ2) is 6.21. The molecule has 7 heteroatoms. The van der Waals surface area contributed by atoms with Crippen LogP contribution in [-0.2, 0) is 0 Å². The fourth-order valence-corrected chi connectivity index (χ4v) is 2.71. The number of aromatic nitrogens is 2. The Morgan fingerprint density at radius 1 is 1.30 bits per heavy atom. The number of benzene rings is 1. The molecular formula is C16H19N5O2. The van der Waals surface area contributed by atoms with Crippen molar-refractivity contribution in [1.29, 1.82) is 0 Å². The average molecular weight is 313 g/mol. The fraction of sp³-hybridized carbons (Fsp3) is 0.312. The van der Waals surface area contributed by atoms with E-state index in [0.717, 1.165) is 6.54 Å². The summed E-state index contributed by atoms with van der Waals surface area (Å²) in [6, 6.07) is 10.8. The molecule has 1 atom stereocenters. The van der Waals surface area contributed by atoms with Crippen molar-refractivity contribution in [2.24, 2.45) is 5.73 Å². The van der Waals surface area contributed by atoms with Gasteiger partial charge < -0.3 is 16.0 Å². The normalized spacial score (nSPS) is 18.0. The number of amides is 2. The Bertz CT molecular complexity index is 725. The van der Waals surface area contributed by atoms with Gasteiger partial charge in [-0.2, -0.15) is 5.10 Å². The van der Waals surface area contributed by atoms with Crippen molar-refractivity contribution in [3.8, 4) is 5.69 Å². The molecule has 3 rings (SSSR count). The van der Waals surface area contributed by atoms with Gasteiger partial charge >= 0.3 is 0 Å². The van der Waals surface area contributed by atoms with Crippen molar-refractivity contribution in [2.45, 2.75) is 13.0 Å². The molecule has 1 unspecified atom stereocenters. The van der Waals surface area contributed by atoms with Crippen molar-refractivity contribution in [1.82, 2.24) is 20.0 Å². The Morgan fingerprint density at radius 3 is 2.70 bits per heavy atom. The Labute approximate surface area is 134 Å². The molecule has 1 aliphatic rings. The zero-order chi connectivity index (χ0) is 16.4. The van der Waals surface area contributed by atoms with Gasteiger partial charge in [-0.3, -0.25) is 9.59 Å². The first-order chi connectivity index (χ1) is 11.1. The monoisotopic (exact) mass is 313 g/mol. The van der Waals surface area contributed by atoms with Crippen molar-refractivity contribution < 1.29 is 9.59 Å². The summed E-state index contributed by atoms with van der Waals surface area (Å²) in [7, 11) is 0. The minimum Gasteiger partial charge on any atom is -0.364 e. The third kappa shape index (κ3) is 3.09. The van der Waals surface area contributed by atoms with E-state index in [1.54, 1.807) is 17.0 Å². The number of hydrogen-bond acceptors (Lipinski definition) is 4. The molecule has 0 saturated carbocycles. The maximum atomic E-state index is 12.6. The molecule has 0 radical (unpaired) electrons. The highest BCUT2D eigenvalue weighted by Gasteiger charge is 2.25. The van der Waals surface area contributed by atoms with Gasteiger partial charge in [-0.05, 0) is 19.1 Å². The molecule has 0 aliphatic carbocycles. The third-order valence-corrected chi connectivity index (χ3v) is 3.84. The first-order valence-electron chi connectivity index (χ1n) is 7.54. The number of nitrogens with two attached hydrogens (primary N) is 1. The number of nitrogens with zero attached hydrogens (tertiary/aromatic N) is 3. The van der Waals surface area contributed by atoms with Gasteiger partial charge in [0.2, 0.25) is 0 Å². The van der Waals surface area contributed by atoms with Gasteiger partial charge in [-0.15, -0.1) is 0 Å². The van der Waals surface area contributed by atoms with E-state index < -0.39 is 5.91 Å². The minimum atomic E-state index is -0.617. The van der Waals surface area contributed by atoms with Crippen LogP contribution >= 0.6 is 0 Å². The summed E-state index contributed by atoms with van der Waals surface area (Å²) in [5, 5.41) is 7.59. The average Bonchev–Trinajstić information content (AvgIpc) is 3.00. The highest BCUT2D eigenvalue weighted by atomic mass is 16.2. The predicted octanol–water partition coefficient (Wildman–Crippen LogP) is 0.405. The number of primary amides is 1. The molecule has 3 N–H and O–H groups in total. The number of rotatable bonds is 3. The summed E-state index contributed by atoms with van der Waals surface area (Å²) < 4.78 is 1.42. The minimum absolute atomic E-state index is 0.185. The lowest BCUT2D eigenvalue weighted by atomic mass is 10.2. The van der Waals surface area contributed by atoms with Crippen molar-refractivity contribution >= 4 is 11.8 Å². The molecule has 0 spiro atoms. The Hall–Kier alpha value is -2.67. The summed E-state index contributed by atoms with van der Waals surface area (Å²) in [5.41, 5.74) is 6.55. The molecule has 0 bridgehead atoms. The molecule has 1 aliphatic heterocycles. The Morgan fingerprint density at radius 2 is 2.04 bits per heavy atom. The van der Waals surface area contributed by atoms with Gasteiger partial charge in [0.05, 0.1) is 5.69 Å². The van der Waals surface area contributed by atoms with Crippen LogP contribution in [0.1, 0.15) is 27.9 Å². The number of hydrogen-bond donors (Lipinski definition) is 2. The van der Waals surface area contributed by atoms with E-state index in [1.165, 1.54) is 10.7 Å². The fourth-order valence-electron chi connectivity index (χ4n) is 2.71. The van der Waals surface area contributed by atoms with Crippen molar-refractivity contribution in [3.63, 3.8) is 0 Å². The van der Waals surface area contributed by atoms with Crippen LogP contribution in [0, 0.1) is 0 Å². The molecule has 1 aromatic heterocycles. The second-order valence-corrected chi connectivity index (χ2v) is 5.63. The van der Waals surface area contributed by atoms with E-state index in [2.05, 4.69) is 10.4 Å². The van der Waals surface area contributed by atoms with E-state index in [4.69, 9.17) is 5.73 Å². The van der Waals surface area contributed by atoms with E-state index in [-0.39, 0.29) is 23.3 Å². The lowest BCUT2D eigenvalue weighted by molar-refractivity contribution is 0.0702. The quantitative estimate of drug-likeness (QED) is 0.858. The van der Waals surface area contributed by atoms with Crippen LogP contribution in [-0.4, -0.2) is 52.2 Å². The van der Waals surface area contributed by atoms with Crippen molar-refractivity contribution in [3.05, 3.63) is 47.8 Å². The molecule has 2 amide bonds. The molecule has 120 valence electrons. The lowest BCUT2D eigenvalue weighted by Gasteiger charge is -2.31. The summed E-state index contributed by atoms with van der Waals surface area (Å²) in [6.45, 7) is 4.00. The predicted molar refractivity (Wildman–Crippen MR) is 85.5 cm³/mol. The first-order valence-corrected chi connectivity index (χ1v) is 7.54. The molecule has 23 heavy (non-hydrogen) atoms. The van der Waals surface area contributed by atoms with Crippen LogP contribution in [0.15, 0.2) is 36.4 Å². The van der Waals surface area contributed by atoms with Gasteiger partial charge in [-0.25, -0.2) is 4.68 Å². The molecule has 7 nitrogen and oxygen atoms in total. The van der Waals surface area contributed by atoms with E-state index in [0.29, 0.717) is 18.8 Å². The third-order valence-electron chi connectivity index (χ3n) is 3.84. The summed E-state index contributed by atoms with van der Waals surface area (Å²) in [4.78, 5) is 26.1. The number of piperazine rings is 1. The summed E-state index contributed by atoms with van der Waals surface area (Å²) in [5.74, 6) is -0.801. The van der Waals surface area contributed by atoms with Crippen LogP contribution in [0.5, 0.6) is 0 Å². The van der Waals surface area contributed by atoms with Crippen LogP contribution in [0.4, 0.5) is 0 Å². The van der Waals surface area contributed by atoms with Gasteiger partial charge in [0, 0.05) is 31.7 Å². The number of carbonyl (C=O) groups is 2. The van der Waals surface area contributed by atoms with Gasteiger partial charge in [-0.1, -0.05) is 18.2 Å². The van der Waals surface area contributed by atoms with E-state index >= 15 is 0 Å². The first kappa shape index (κ1) is 15.2. The standard InChI is InChI=1S/C16H19N5O2/c1-11-10-20(8-7-18-11)16(23)13-9-14(15(17)22)21(19-13)12-5-3-2-4-6-12/h2-6,9,11,18H,7-8,10H2,1H3,(H2,17,22). The molecule has 1 saturated heterocycles. The summed E-state index contributed by atoms with van der Waals surface area (Å²) >= 11 is 0. The lowest BCUT2D eigenvalue weighted by Crippen LogP contribution is -2.51. The largest absolute Gasteiger partial charge is 0.364 e. The van der Waals surface area contributed by atoms with Crippen molar-refractivity contribution in [2.75, 3.05) is 19.6 Å². The SMILES string of the molecule is CC1CN(C(=O)c2cc(C(N)=O)n(-c3ccccc3)n2)CCN1. The Kier molecular flexibility index (Phi) is 4.12. The zero-order valence-corrected chi connectivity index (χ0v) is 12.9.